The van der Waals surface area contributed by atoms with Crippen molar-refractivity contribution in [1.82, 2.24) is 20.1 Å². The zero-order chi connectivity index (χ0) is 20.1. The fourth-order valence-electron chi connectivity index (χ4n) is 2.81. The highest BCUT2D eigenvalue weighted by atomic mass is 35.5. The van der Waals surface area contributed by atoms with Crippen LogP contribution in [0.15, 0.2) is 53.7 Å². The zero-order valence-electron chi connectivity index (χ0n) is 15.8. The van der Waals surface area contributed by atoms with Gasteiger partial charge in [-0.2, -0.15) is 0 Å². The Kier molecular flexibility index (Phi) is 6.59. The number of hydrogen-bond acceptors (Lipinski definition) is 5. The van der Waals surface area contributed by atoms with Gasteiger partial charge in [0, 0.05) is 23.2 Å². The lowest BCUT2D eigenvalue weighted by atomic mass is 10.1. The van der Waals surface area contributed by atoms with Gasteiger partial charge in [0.1, 0.15) is 5.75 Å². The van der Waals surface area contributed by atoms with Crippen LogP contribution in [-0.2, 0) is 11.8 Å². The highest BCUT2D eigenvalue weighted by molar-refractivity contribution is 7.99. The van der Waals surface area contributed by atoms with E-state index >= 15 is 0 Å². The number of halogens is 1. The summed E-state index contributed by atoms with van der Waals surface area (Å²) in [5.41, 5.74) is 1.85. The van der Waals surface area contributed by atoms with Gasteiger partial charge < -0.3 is 14.6 Å². The highest BCUT2D eigenvalue weighted by Crippen LogP contribution is 2.26. The van der Waals surface area contributed by atoms with Gasteiger partial charge in [-0.15, -0.1) is 10.2 Å². The Morgan fingerprint density at radius 3 is 2.64 bits per heavy atom. The van der Waals surface area contributed by atoms with Gasteiger partial charge >= 0.3 is 0 Å². The van der Waals surface area contributed by atoms with Crippen molar-refractivity contribution in [3.63, 3.8) is 0 Å². The predicted molar refractivity (Wildman–Crippen MR) is 112 cm³/mol. The van der Waals surface area contributed by atoms with Gasteiger partial charge in [-0.25, -0.2) is 0 Å². The van der Waals surface area contributed by atoms with Crippen LogP contribution >= 0.6 is 23.4 Å². The standard InChI is InChI=1S/C20H21ClN4O2S/c1-13(16-6-4-5-7-17(16)27-3)22-18(26)12-28-20-24-23-19(25(20)2)14-8-10-15(21)11-9-14/h4-11,13H,12H2,1-3H3,(H,22,26). The molecule has 0 spiro atoms. The summed E-state index contributed by atoms with van der Waals surface area (Å²) in [6.07, 6.45) is 0. The quantitative estimate of drug-likeness (QED) is 0.587. The molecule has 1 aromatic heterocycles. The summed E-state index contributed by atoms with van der Waals surface area (Å²) in [6, 6.07) is 14.9. The number of ether oxygens (including phenoxy) is 1. The van der Waals surface area contributed by atoms with E-state index in [0.29, 0.717) is 10.2 Å². The molecule has 1 heterocycles. The summed E-state index contributed by atoms with van der Waals surface area (Å²) in [7, 11) is 3.50. The molecule has 146 valence electrons. The molecule has 6 nitrogen and oxygen atoms in total. The van der Waals surface area contributed by atoms with E-state index in [1.165, 1.54) is 11.8 Å². The molecule has 28 heavy (non-hydrogen) atoms. The van der Waals surface area contributed by atoms with Crippen LogP contribution in [0.4, 0.5) is 0 Å². The van der Waals surface area contributed by atoms with E-state index in [2.05, 4.69) is 15.5 Å². The summed E-state index contributed by atoms with van der Waals surface area (Å²) in [4.78, 5) is 12.4. The second-order valence-electron chi connectivity index (χ2n) is 6.19. The number of aromatic nitrogens is 3. The topological polar surface area (TPSA) is 69.0 Å². The van der Waals surface area contributed by atoms with Crippen LogP contribution in [-0.4, -0.2) is 33.5 Å². The number of para-hydroxylation sites is 1. The first-order chi connectivity index (χ1) is 13.5. The fourth-order valence-corrected chi connectivity index (χ4v) is 3.65. The molecule has 2 aromatic carbocycles. The molecule has 8 heteroatoms. The van der Waals surface area contributed by atoms with E-state index in [9.17, 15) is 4.79 Å². The Hall–Kier alpha value is -2.51. The molecular weight excluding hydrogens is 396 g/mol. The molecule has 1 unspecified atom stereocenters. The summed E-state index contributed by atoms with van der Waals surface area (Å²) < 4.78 is 7.22. The van der Waals surface area contributed by atoms with Gasteiger partial charge in [0.05, 0.1) is 18.9 Å². The number of carbonyl (C=O) groups excluding carboxylic acids is 1. The van der Waals surface area contributed by atoms with Crippen molar-refractivity contribution in [3.8, 4) is 17.1 Å². The first kappa shape index (κ1) is 20.2. The minimum Gasteiger partial charge on any atom is -0.496 e. The summed E-state index contributed by atoms with van der Waals surface area (Å²) >= 11 is 7.28. The van der Waals surface area contributed by atoms with Crippen LogP contribution < -0.4 is 10.1 Å². The molecule has 3 rings (SSSR count). The van der Waals surface area contributed by atoms with Gasteiger partial charge in [0.25, 0.3) is 0 Å². The van der Waals surface area contributed by atoms with Gasteiger partial charge in [-0.1, -0.05) is 41.6 Å². The normalized spacial score (nSPS) is 11.9. The summed E-state index contributed by atoms with van der Waals surface area (Å²) in [5, 5.41) is 12.8. The zero-order valence-corrected chi connectivity index (χ0v) is 17.4. The molecule has 3 aromatic rings. The average molecular weight is 417 g/mol. The van der Waals surface area contributed by atoms with Gasteiger partial charge in [0.15, 0.2) is 11.0 Å². The maximum Gasteiger partial charge on any atom is 0.230 e. The van der Waals surface area contributed by atoms with E-state index in [0.717, 1.165) is 22.7 Å². The molecule has 0 radical (unpaired) electrons. The Bertz CT molecular complexity index is 959. The maximum absolute atomic E-state index is 12.4. The third kappa shape index (κ3) is 4.66. The average Bonchev–Trinajstić information content (AvgIpc) is 3.07. The minimum atomic E-state index is -0.159. The number of amides is 1. The fraction of sp³-hybridized carbons (Fsp3) is 0.250. The van der Waals surface area contributed by atoms with Gasteiger partial charge in [-0.3, -0.25) is 4.79 Å². The number of hydrogen-bond donors (Lipinski definition) is 1. The molecule has 0 saturated heterocycles. The molecule has 1 N–H and O–H groups in total. The van der Waals surface area contributed by atoms with Gasteiger partial charge in [-0.05, 0) is 37.3 Å². The van der Waals surface area contributed by atoms with Crippen molar-refractivity contribution in [2.45, 2.75) is 18.1 Å². The van der Waals surface area contributed by atoms with Crippen LogP contribution in [0.3, 0.4) is 0 Å². The monoisotopic (exact) mass is 416 g/mol. The second-order valence-corrected chi connectivity index (χ2v) is 7.57. The number of nitrogens with zero attached hydrogens (tertiary/aromatic N) is 3. The van der Waals surface area contributed by atoms with E-state index < -0.39 is 0 Å². The number of methoxy groups -OCH3 is 1. The van der Waals surface area contributed by atoms with Crippen molar-refractivity contribution in [3.05, 3.63) is 59.1 Å². The van der Waals surface area contributed by atoms with Crippen molar-refractivity contribution in [2.75, 3.05) is 12.9 Å². The largest absolute Gasteiger partial charge is 0.496 e. The van der Waals surface area contributed by atoms with Crippen LogP contribution in [0.1, 0.15) is 18.5 Å². The molecule has 1 amide bonds. The van der Waals surface area contributed by atoms with Crippen LogP contribution in [0.5, 0.6) is 5.75 Å². The van der Waals surface area contributed by atoms with Crippen LogP contribution in [0, 0.1) is 0 Å². The van der Waals surface area contributed by atoms with Crippen molar-refractivity contribution >= 4 is 29.3 Å². The predicted octanol–water partition coefficient (Wildman–Crippen LogP) is 4.11. The van der Waals surface area contributed by atoms with Crippen LogP contribution in [0.25, 0.3) is 11.4 Å². The van der Waals surface area contributed by atoms with E-state index in [1.807, 2.05) is 67.1 Å². The Balaban J connectivity index is 1.61. The van der Waals surface area contributed by atoms with E-state index in [4.69, 9.17) is 16.3 Å². The van der Waals surface area contributed by atoms with Crippen molar-refractivity contribution < 1.29 is 9.53 Å². The lowest BCUT2D eigenvalue weighted by molar-refractivity contribution is -0.119. The number of nitrogens with one attached hydrogen (secondary N) is 1. The lowest BCUT2D eigenvalue weighted by Crippen LogP contribution is -2.28. The molecule has 0 saturated carbocycles. The molecule has 0 fully saturated rings. The van der Waals surface area contributed by atoms with E-state index in [-0.39, 0.29) is 17.7 Å². The van der Waals surface area contributed by atoms with Crippen LogP contribution in [0.2, 0.25) is 5.02 Å². The Morgan fingerprint density at radius 1 is 1.21 bits per heavy atom. The third-order valence-electron chi connectivity index (χ3n) is 4.25. The minimum absolute atomic E-state index is 0.0838. The SMILES string of the molecule is COc1ccccc1C(C)NC(=O)CSc1nnc(-c2ccc(Cl)cc2)n1C. The van der Waals surface area contributed by atoms with Crippen molar-refractivity contribution in [2.24, 2.45) is 7.05 Å². The molecule has 1 atom stereocenters. The first-order valence-electron chi connectivity index (χ1n) is 8.70. The first-order valence-corrected chi connectivity index (χ1v) is 10.1. The summed E-state index contributed by atoms with van der Waals surface area (Å²) in [5.74, 6) is 1.64. The Morgan fingerprint density at radius 2 is 1.93 bits per heavy atom. The maximum atomic E-state index is 12.4. The number of rotatable bonds is 7. The molecule has 0 aliphatic heterocycles. The lowest BCUT2D eigenvalue weighted by Gasteiger charge is -2.17. The molecule has 0 aliphatic carbocycles. The second kappa shape index (κ2) is 9.12. The van der Waals surface area contributed by atoms with Gasteiger partial charge in [0.2, 0.25) is 5.91 Å². The molecule has 0 aliphatic rings. The molecule has 0 bridgehead atoms. The smallest absolute Gasteiger partial charge is 0.230 e. The number of thioether (sulfide) groups is 1. The van der Waals surface area contributed by atoms with E-state index in [1.54, 1.807) is 7.11 Å². The summed E-state index contributed by atoms with van der Waals surface area (Å²) in [6.45, 7) is 1.93. The molecular formula is C20H21ClN4O2S. The highest BCUT2D eigenvalue weighted by Gasteiger charge is 2.16. The Labute approximate surface area is 173 Å². The van der Waals surface area contributed by atoms with Crippen molar-refractivity contribution in [1.29, 1.82) is 0 Å². The number of carbonyl (C=O) groups is 1. The number of benzene rings is 2. The third-order valence-corrected chi connectivity index (χ3v) is 5.52.